The van der Waals surface area contributed by atoms with Crippen molar-refractivity contribution in [3.63, 3.8) is 0 Å². The first-order valence-corrected chi connectivity index (χ1v) is 11.6. The van der Waals surface area contributed by atoms with E-state index < -0.39 is 11.8 Å². The van der Waals surface area contributed by atoms with E-state index in [1.165, 1.54) is 4.90 Å². The molecule has 6 nitrogen and oxygen atoms in total. The molecule has 1 aromatic heterocycles. The summed E-state index contributed by atoms with van der Waals surface area (Å²) in [5, 5.41) is 2.68. The summed E-state index contributed by atoms with van der Waals surface area (Å²) in [5.41, 5.74) is 4.27. The fraction of sp³-hybridized carbons (Fsp3) is 0.160. The Morgan fingerprint density at radius 2 is 1.67 bits per heavy atom. The molecule has 0 bridgehead atoms. The van der Waals surface area contributed by atoms with Gasteiger partial charge in [0.1, 0.15) is 11.3 Å². The smallest absolute Gasteiger partial charge is 0.270 e. The summed E-state index contributed by atoms with van der Waals surface area (Å²) in [6.45, 7) is 6.39. The summed E-state index contributed by atoms with van der Waals surface area (Å²) in [6.07, 6.45) is 1.62. The molecule has 1 N–H and O–H groups in total. The molecular formula is C25H22BrN3O3S. The lowest BCUT2D eigenvalue weighted by atomic mass is 10.1. The highest BCUT2D eigenvalue weighted by Gasteiger charge is 2.34. The van der Waals surface area contributed by atoms with E-state index in [1.807, 2.05) is 51.1 Å². The van der Waals surface area contributed by atoms with Gasteiger partial charge in [-0.05, 0) is 99.2 Å². The molecule has 1 aliphatic rings. The number of thiocarbonyl (C=S) groups is 1. The third-order valence-electron chi connectivity index (χ3n) is 5.36. The van der Waals surface area contributed by atoms with Gasteiger partial charge in [-0.1, -0.05) is 15.9 Å². The van der Waals surface area contributed by atoms with Crippen molar-refractivity contribution in [3.05, 3.63) is 81.6 Å². The SMILES string of the molecule is CCOc1ccc(N2C(=O)/C(=C/c3cc(C)n(-c4ccc(Br)cc4)c3C)C(=O)NC2=S)cc1. The third-order valence-corrected chi connectivity index (χ3v) is 6.18. The van der Waals surface area contributed by atoms with Crippen molar-refractivity contribution >= 4 is 56.8 Å². The number of nitrogens with one attached hydrogen (secondary N) is 1. The Balaban J connectivity index is 1.71. The number of hydrogen-bond donors (Lipinski definition) is 1. The Hall–Kier alpha value is -3.23. The van der Waals surface area contributed by atoms with Gasteiger partial charge in [0.2, 0.25) is 0 Å². The molecule has 3 aromatic rings. The highest BCUT2D eigenvalue weighted by atomic mass is 79.9. The minimum absolute atomic E-state index is 0.0218. The first-order valence-electron chi connectivity index (χ1n) is 10.4. The van der Waals surface area contributed by atoms with Crippen LogP contribution in [0, 0.1) is 13.8 Å². The molecule has 1 fully saturated rings. The van der Waals surface area contributed by atoms with Crippen molar-refractivity contribution < 1.29 is 14.3 Å². The minimum Gasteiger partial charge on any atom is -0.494 e. The fourth-order valence-corrected chi connectivity index (χ4v) is 4.37. The zero-order valence-corrected chi connectivity index (χ0v) is 20.8. The molecule has 0 unspecified atom stereocenters. The lowest BCUT2D eigenvalue weighted by molar-refractivity contribution is -0.122. The number of benzene rings is 2. The van der Waals surface area contributed by atoms with Crippen molar-refractivity contribution in [1.29, 1.82) is 0 Å². The second-order valence-corrected chi connectivity index (χ2v) is 8.83. The number of carbonyl (C=O) groups excluding carboxylic acids is 2. The molecule has 0 atom stereocenters. The van der Waals surface area contributed by atoms with E-state index >= 15 is 0 Å². The van der Waals surface area contributed by atoms with Crippen LogP contribution < -0.4 is 15.0 Å². The first kappa shape index (κ1) is 22.9. The van der Waals surface area contributed by atoms with Gasteiger partial charge in [-0.25, -0.2) is 0 Å². The first-order chi connectivity index (χ1) is 15.8. The van der Waals surface area contributed by atoms with Gasteiger partial charge >= 0.3 is 0 Å². The molecule has 1 aliphatic heterocycles. The summed E-state index contributed by atoms with van der Waals surface area (Å²) < 4.78 is 8.54. The number of ether oxygens (including phenoxy) is 1. The highest BCUT2D eigenvalue weighted by molar-refractivity contribution is 9.10. The van der Waals surface area contributed by atoms with Crippen molar-refractivity contribution in [3.8, 4) is 11.4 Å². The Morgan fingerprint density at radius 1 is 1.03 bits per heavy atom. The van der Waals surface area contributed by atoms with Crippen LogP contribution in [0.1, 0.15) is 23.9 Å². The maximum atomic E-state index is 13.3. The molecule has 0 aliphatic carbocycles. The summed E-state index contributed by atoms with van der Waals surface area (Å²) in [4.78, 5) is 27.4. The van der Waals surface area contributed by atoms with E-state index in [9.17, 15) is 9.59 Å². The summed E-state index contributed by atoms with van der Waals surface area (Å²) in [5.74, 6) is -0.293. The van der Waals surface area contributed by atoms with E-state index in [0.717, 1.165) is 27.1 Å². The standard InChI is InChI=1S/C25H22BrN3O3S/c1-4-32-21-11-9-20(10-12-21)29-24(31)22(23(30)27-25(29)33)14-17-13-15(2)28(16(17)3)19-7-5-18(26)6-8-19/h5-14H,4H2,1-3H3,(H,27,30,33)/b22-14+. The van der Waals surface area contributed by atoms with Gasteiger partial charge in [0.25, 0.3) is 11.8 Å². The van der Waals surface area contributed by atoms with E-state index in [0.29, 0.717) is 18.0 Å². The number of rotatable bonds is 5. The van der Waals surface area contributed by atoms with Gasteiger partial charge in [-0.2, -0.15) is 0 Å². The summed E-state index contributed by atoms with van der Waals surface area (Å²) >= 11 is 8.75. The van der Waals surface area contributed by atoms with Crippen molar-refractivity contribution in [2.75, 3.05) is 11.5 Å². The van der Waals surface area contributed by atoms with Crippen LogP contribution >= 0.6 is 28.1 Å². The molecule has 2 amide bonds. The lowest BCUT2D eigenvalue weighted by Crippen LogP contribution is -2.54. The number of halogens is 1. The van der Waals surface area contributed by atoms with Gasteiger partial charge in [-0.15, -0.1) is 0 Å². The molecule has 0 radical (unpaired) electrons. The molecule has 4 rings (SSSR count). The summed E-state index contributed by atoms with van der Waals surface area (Å²) in [6, 6.07) is 16.9. The molecule has 168 valence electrons. The zero-order chi connectivity index (χ0) is 23.7. The average Bonchev–Trinajstić information content (AvgIpc) is 3.06. The quantitative estimate of drug-likeness (QED) is 0.287. The Kier molecular flexibility index (Phi) is 6.49. The van der Waals surface area contributed by atoms with Crippen LogP contribution in [0.2, 0.25) is 0 Å². The van der Waals surface area contributed by atoms with Crippen LogP contribution in [0.5, 0.6) is 5.75 Å². The molecule has 0 saturated carbocycles. The molecule has 0 spiro atoms. The minimum atomic E-state index is -0.513. The molecule has 8 heteroatoms. The molecule has 33 heavy (non-hydrogen) atoms. The van der Waals surface area contributed by atoms with Crippen molar-refractivity contribution in [1.82, 2.24) is 9.88 Å². The zero-order valence-electron chi connectivity index (χ0n) is 18.4. The normalized spacial score (nSPS) is 15.2. The Labute approximate surface area is 206 Å². The number of aryl methyl sites for hydroxylation is 1. The Bertz CT molecular complexity index is 1280. The lowest BCUT2D eigenvalue weighted by Gasteiger charge is -2.29. The number of nitrogens with zero attached hydrogens (tertiary/aromatic N) is 2. The maximum Gasteiger partial charge on any atom is 0.270 e. The summed E-state index contributed by atoms with van der Waals surface area (Å²) in [7, 11) is 0. The largest absolute Gasteiger partial charge is 0.494 e. The van der Waals surface area contributed by atoms with E-state index in [1.54, 1.807) is 30.3 Å². The van der Waals surface area contributed by atoms with Gasteiger partial charge in [-0.3, -0.25) is 19.8 Å². The molecule has 2 heterocycles. The van der Waals surface area contributed by atoms with Crippen LogP contribution in [-0.2, 0) is 9.59 Å². The number of aromatic nitrogens is 1. The molecular weight excluding hydrogens is 502 g/mol. The Morgan fingerprint density at radius 3 is 2.30 bits per heavy atom. The van der Waals surface area contributed by atoms with Crippen LogP contribution in [-0.4, -0.2) is 28.1 Å². The number of carbonyl (C=O) groups is 2. The molecule has 2 aromatic carbocycles. The highest BCUT2D eigenvalue weighted by Crippen LogP contribution is 2.27. The number of anilines is 1. The van der Waals surface area contributed by atoms with E-state index in [-0.39, 0.29) is 10.7 Å². The topological polar surface area (TPSA) is 63.6 Å². The maximum absolute atomic E-state index is 13.3. The van der Waals surface area contributed by atoms with E-state index in [2.05, 4.69) is 25.8 Å². The van der Waals surface area contributed by atoms with Crippen LogP contribution in [0.15, 0.2) is 64.6 Å². The fourth-order valence-electron chi connectivity index (χ4n) is 3.83. The van der Waals surface area contributed by atoms with Crippen LogP contribution in [0.4, 0.5) is 5.69 Å². The third kappa shape index (κ3) is 4.49. The van der Waals surface area contributed by atoms with Gasteiger partial charge < -0.3 is 9.30 Å². The predicted octanol–water partition coefficient (Wildman–Crippen LogP) is 5.09. The monoisotopic (exact) mass is 523 g/mol. The molecule has 1 saturated heterocycles. The number of amides is 2. The average molecular weight is 524 g/mol. The second kappa shape index (κ2) is 9.33. The second-order valence-electron chi connectivity index (χ2n) is 7.52. The van der Waals surface area contributed by atoms with Gasteiger partial charge in [0.05, 0.1) is 12.3 Å². The van der Waals surface area contributed by atoms with Crippen LogP contribution in [0.3, 0.4) is 0 Å². The van der Waals surface area contributed by atoms with Crippen molar-refractivity contribution in [2.24, 2.45) is 0 Å². The predicted molar refractivity (Wildman–Crippen MR) is 137 cm³/mol. The van der Waals surface area contributed by atoms with Crippen molar-refractivity contribution in [2.45, 2.75) is 20.8 Å². The van der Waals surface area contributed by atoms with Crippen LogP contribution in [0.25, 0.3) is 11.8 Å². The van der Waals surface area contributed by atoms with Gasteiger partial charge in [0, 0.05) is 21.5 Å². The van der Waals surface area contributed by atoms with E-state index in [4.69, 9.17) is 17.0 Å². The number of hydrogen-bond acceptors (Lipinski definition) is 4. The van der Waals surface area contributed by atoms with Gasteiger partial charge in [0.15, 0.2) is 5.11 Å².